The van der Waals surface area contributed by atoms with E-state index in [-0.39, 0.29) is 30.5 Å². The summed E-state index contributed by atoms with van der Waals surface area (Å²) in [5.41, 5.74) is 0.762. The van der Waals surface area contributed by atoms with Crippen molar-refractivity contribution < 1.29 is 18.7 Å². The lowest BCUT2D eigenvalue weighted by atomic mass is 10.1. The number of ether oxygens (including phenoxy) is 1. The average Bonchev–Trinajstić information content (AvgIpc) is 2.62. The van der Waals surface area contributed by atoms with Crippen molar-refractivity contribution in [2.75, 3.05) is 39.8 Å². The fraction of sp³-hybridized carbons (Fsp3) is 0.579. The van der Waals surface area contributed by atoms with Gasteiger partial charge >= 0.3 is 5.97 Å². The first kappa shape index (κ1) is 21.1. The molecule has 0 aliphatic heterocycles. The van der Waals surface area contributed by atoms with E-state index in [1.807, 2.05) is 0 Å². The minimum Gasteiger partial charge on any atom is -0.469 e. The first-order valence-corrected chi connectivity index (χ1v) is 8.81. The van der Waals surface area contributed by atoms with Crippen molar-refractivity contribution in [3.8, 4) is 0 Å². The molecule has 0 spiro atoms. The molecule has 0 heterocycles. The standard InChI is InChI=1S/C19H29FN2O3/c1-4-21(5-2)12-6-13-22(14-11-19(24)25-3)18(23)15-16-7-9-17(20)10-8-16/h7-10H,4-6,11-15H2,1-3H3. The number of carbonyl (C=O) groups excluding carboxylic acids is 2. The minimum absolute atomic E-state index is 0.0601. The van der Waals surface area contributed by atoms with Crippen LogP contribution in [0.3, 0.4) is 0 Å². The number of methoxy groups -OCH3 is 1. The van der Waals surface area contributed by atoms with E-state index in [0.29, 0.717) is 13.1 Å². The second-order valence-corrected chi connectivity index (χ2v) is 5.89. The summed E-state index contributed by atoms with van der Waals surface area (Å²) < 4.78 is 17.7. The molecule has 0 bridgehead atoms. The normalized spacial score (nSPS) is 10.8. The summed E-state index contributed by atoms with van der Waals surface area (Å²) in [5.74, 6) is -0.712. The van der Waals surface area contributed by atoms with Crippen LogP contribution < -0.4 is 0 Å². The highest BCUT2D eigenvalue weighted by atomic mass is 19.1. The SMILES string of the molecule is CCN(CC)CCCN(CCC(=O)OC)C(=O)Cc1ccc(F)cc1. The van der Waals surface area contributed by atoms with E-state index in [0.717, 1.165) is 31.6 Å². The van der Waals surface area contributed by atoms with Gasteiger partial charge in [-0.1, -0.05) is 26.0 Å². The third-order valence-corrected chi connectivity index (χ3v) is 4.23. The van der Waals surface area contributed by atoms with Crippen molar-refractivity contribution >= 4 is 11.9 Å². The van der Waals surface area contributed by atoms with Crippen LogP contribution in [-0.4, -0.2) is 61.5 Å². The zero-order valence-corrected chi connectivity index (χ0v) is 15.5. The molecule has 1 aromatic rings. The van der Waals surface area contributed by atoms with Crippen molar-refractivity contribution in [2.45, 2.75) is 33.1 Å². The van der Waals surface area contributed by atoms with Crippen LogP contribution in [0.1, 0.15) is 32.3 Å². The first-order valence-electron chi connectivity index (χ1n) is 8.81. The maximum atomic E-state index is 13.0. The highest BCUT2D eigenvalue weighted by molar-refractivity contribution is 5.79. The fourth-order valence-corrected chi connectivity index (χ4v) is 2.60. The quantitative estimate of drug-likeness (QED) is 0.574. The molecule has 0 saturated heterocycles. The fourth-order valence-electron chi connectivity index (χ4n) is 2.60. The van der Waals surface area contributed by atoms with Gasteiger partial charge < -0.3 is 14.5 Å². The molecule has 140 valence electrons. The molecule has 0 saturated carbocycles. The Labute approximate surface area is 149 Å². The molecule has 0 aliphatic rings. The summed E-state index contributed by atoms with van der Waals surface area (Å²) in [6.45, 7) is 8.00. The van der Waals surface area contributed by atoms with Gasteiger partial charge in [-0.25, -0.2) is 4.39 Å². The highest BCUT2D eigenvalue weighted by Crippen LogP contribution is 2.07. The average molecular weight is 352 g/mol. The number of rotatable bonds is 11. The molecule has 25 heavy (non-hydrogen) atoms. The summed E-state index contributed by atoms with van der Waals surface area (Å²) in [4.78, 5) is 28.0. The zero-order chi connectivity index (χ0) is 18.7. The third kappa shape index (κ3) is 8.12. The zero-order valence-electron chi connectivity index (χ0n) is 15.5. The summed E-state index contributed by atoms with van der Waals surface area (Å²) >= 11 is 0. The van der Waals surface area contributed by atoms with Crippen molar-refractivity contribution in [3.05, 3.63) is 35.6 Å². The Hall–Kier alpha value is -1.95. The van der Waals surface area contributed by atoms with Gasteiger partial charge in [-0.2, -0.15) is 0 Å². The largest absolute Gasteiger partial charge is 0.469 e. The third-order valence-electron chi connectivity index (χ3n) is 4.23. The molecule has 0 unspecified atom stereocenters. The first-order chi connectivity index (χ1) is 12.0. The maximum absolute atomic E-state index is 13.0. The summed E-state index contributed by atoms with van der Waals surface area (Å²) in [6, 6.07) is 5.92. The molecule has 0 atom stereocenters. The number of hydrogen-bond donors (Lipinski definition) is 0. The molecule has 0 aromatic heterocycles. The van der Waals surface area contributed by atoms with Gasteiger partial charge in [0.15, 0.2) is 0 Å². The lowest BCUT2D eigenvalue weighted by Gasteiger charge is -2.24. The highest BCUT2D eigenvalue weighted by Gasteiger charge is 2.16. The van der Waals surface area contributed by atoms with Crippen LogP contribution in [0, 0.1) is 5.82 Å². The molecular weight excluding hydrogens is 323 g/mol. The number of benzene rings is 1. The van der Waals surface area contributed by atoms with Crippen molar-refractivity contribution in [3.63, 3.8) is 0 Å². The van der Waals surface area contributed by atoms with E-state index in [4.69, 9.17) is 0 Å². The Balaban J connectivity index is 2.62. The molecule has 0 radical (unpaired) electrons. The number of amides is 1. The smallest absolute Gasteiger partial charge is 0.307 e. The van der Waals surface area contributed by atoms with Gasteiger partial charge in [0.25, 0.3) is 0 Å². The summed E-state index contributed by atoms with van der Waals surface area (Å²) in [7, 11) is 1.34. The van der Waals surface area contributed by atoms with Crippen LogP contribution >= 0.6 is 0 Å². The topological polar surface area (TPSA) is 49.9 Å². The van der Waals surface area contributed by atoms with E-state index in [1.165, 1.54) is 19.2 Å². The lowest BCUT2D eigenvalue weighted by molar-refractivity contribution is -0.141. The Bertz CT molecular complexity index is 530. The molecule has 0 fully saturated rings. The number of nitrogens with zero attached hydrogens (tertiary/aromatic N) is 2. The molecule has 6 heteroatoms. The van der Waals surface area contributed by atoms with E-state index in [9.17, 15) is 14.0 Å². The van der Waals surface area contributed by atoms with Gasteiger partial charge in [0.2, 0.25) is 5.91 Å². The Morgan fingerprint density at radius 3 is 2.24 bits per heavy atom. The molecular formula is C19H29FN2O3. The second kappa shape index (κ2) is 11.6. The predicted molar refractivity (Wildman–Crippen MR) is 95.7 cm³/mol. The molecule has 1 rings (SSSR count). The van der Waals surface area contributed by atoms with Crippen LogP contribution in [-0.2, 0) is 20.7 Å². The van der Waals surface area contributed by atoms with E-state index >= 15 is 0 Å². The number of halogens is 1. The molecule has 0 aliphatic carbocycles. The van der Waals surface area contributed by atoms with Crippen molar-refractivity contribution in [1.82, 2.24) is 9.80 Å². The van der Waals surface area contributed by atoms with Crippen LogP contribution in [0.15, 0.2) is 24.3 Å². The Morgan fingerprint density at radius 1 is 1.04 bits per heavy atom. The summed E-state index contributed by atoms with van der Waals surface area (Å²) in [6.07, 6.45) is 1.22. The Kier molecular flexibility index (Phi) is 9.77. The van der Waals surface area contributed by atoms with Crippen molar-refractivity contribution in [2.24, 2.45) is 0 Å². The van der Waals surface area contributed by atoms with Crippen LogP contribution in [0.25, 0.3) is 0 Å². The van der Waals surface area contributed by atoms with Gasteiger partial charge in [-0.3, -0.25) is 9.59 Å². The van der Waals surface area contributed by atoms with Gasteiger partial charge in [-0.15, -0.1) is 0 Å². The molecule has 1 amide bonds. The van der Waals surface area contributed by atoms with E-state index in [2.05, 4.69) is 23.5 Å². The molecule has 0 N–H and O–H groups in total. The van der Waals surface area contributed by atoms with Gasteiger partial charge in [-0.05, 0) is 43.8 Å². The Morgan fingerprint density at radius 2 is 1.68 bits per heavy atom. The molecule has 1 aromatic carbocycles. The second-order valence-electron chi connectivity index (χ2n) is 5.89. The lowest BCUT2D eigenvalue weighted by Crippen LogP contribution is -2.37. The van der Waals surface area contributed by atoms with E-state index in [1.54, 1.807) is 17.0 Å². The maximum Gasteiger partial charge on any atom is 0.307 e. The minimum atomic E-state index is -0.330. The summed E-state index contributed by atoms with van der Waals surface area (Å²) in [5, 5.41) is 0. The van der Waals surface area contributed by atoms with Gasteiger partial charge in [0, 0.05) is 13.1 Å². The van der Waals surface area contributed by atoms with Crippen LogP contribution in [0.5, 0.6) is 0 Å². The predicted octanol–water partition coefficient (Wildman–Crippen LogP) is 2.49. The van der Waals surface area contributed by atoms with Crippen LogP contribution in [0.2, 0.25) is 0 Å². The number of esters is 1. The number of carbonyl (C=O) groups is 2. The number of hydrogen-bond acceptors (Lipinski definition) is 4. The molecule has 5 nitrogen and oxygen atoms in total. The van der Waals surface area contributed by atoms with Gasteiger partial charge in [0.05, 0.1) is 20.0 Å². The monoisotopic (exact) mass is 352 g/mol. The van der Waals surface area contributed by atoms with Crippen molar-refractivity contribution in [1.29, 1.82) is 0 Å². The van der Waals surface area contributed by atoms with Crippen LogP contribution in [0.4, 0.5) is 4.39 Å². The van der Waals surface area contributed by atoms with E-state index < -0.39 is 0 Å². The van der Waals surface area contributed by atoms with Gasteiger partial charge in [0.1, 0.15) is 5.82 Å².